The molecule has 1 saturated heterocycles. The van der Waals surface area contributed by atoms with Gasteiger partial charge in [-0.15, -0.1) is 11.3 Å². The number of carbonyl (C=O) groups is 2. The van der Waals surface area contributed by atoms with E-state index in [-0.39, 0.29) is 10.7 Å². The van der Waals surface area contributed by atoms with Crippen molar-refractivity contribution in [2.75, 3.05) is 9.80 Å². The van der Waals surface area contributed by atoms with Crippen LogP contribution in [0.1, 0.15) is 38.5 Å². The van der Waals surface area contributed by atoms with E-state index in [0.29, 0.717) is 27.5 Å². The zero-order valence-corrected chi connectivity index (χ0v) is 25.0. The lowest BCUT2D eigenvalue weighted by Gasteiger charge is -2.36. The summed E-state index contributed by atoms with van der Waals surface area (Å²) in [4.78, 5) is 31.7. The van der Waals surface area contributed by atoms with Crippen molar-refractivity contribution in [3.8, 4) is 11.1 Å². The minimum Gasteiger partial charge on any atom is -0.308 e. The Hall–Kier alpha value is -4.03. The molecule has 6 nitrogen and oxygen atoms in total. The number of rotatable bonds is 4. The molecule has 4 aromatic rings. The van der Waals surface area contributed by atoms with Crippen LogP contribution < -0.4 is 9.80 Å². The van der Waals surface area contributed by atoms with Gasteiger partial charge in [0.15, 0.2) is 5.11 Å². The second-order valence-corrected chi connectivity index (χ2v) is 11.6. The molecule has 200 valence electrons. The first kappa shape index (κ1) is 27.5. The van der Waals surface area contributed by atoms with Crippen molar-refractivity contribution in [2.45, 2.75) is 34.6 Å². The van der Waals surface area contributed by atoms with Gasteiger partial charge in [0.05, 0.1) is 16.9 Å². The monoisotopic (exact) mass is 584 g/mol. The molecule has 1 aliphatic rings. The Balaban J connectivity index is 1.69. The van der Waals surface area contributed by atoms with E-state index in [1.807, 2.05) is 69.5 Å². The van der Waals surface area contributed by atoms with Gasteiger partial charge in [-0.05, 0) is 99.9 Å². The summed E-state index contributed by atoms with van der Waals surface area (Å²) in [6.45, 7) is 9.67. The molecule has 0 saturated carbocycles. The quantitative estimate of drug-likeness (QED) is 0.143. The Labute approximate surface area is 247 Å². The molecule has 2 aromatic heterocycles. The third-order valence-electron chi connectivity index (χ3n) is 7.13. The van der Waals surface area contributed by atoms with Crippen LogP contribution in [0, 0.1) is 45.9 Å². The molecule has 5 rings (SSSR count). The highest BCUT2D eigenvalue weighted by molar-refractivity contribution is 7.81. The van der Waals surface area contributed by atoms with Crippen LogP contribution in [0.15, 0.2) is 60.2 Å². The lowest BCUT2D eigenvalue weighted by molar-refractivity contribution is -0.120. The highest BCUT2D eigenvalue weighted by Crippen LogP contribution is 2.36. The van der Waals surface area contributed by atoms with Crippen LogP contribution in [0.25, 0.3) is 11.1 Å². The maximum atomic E-state index is 14.0. The van der Waals surface area contributed by atoms with Gasteiger partial charge in [-0.3, -0.25) is 19.4 Å². The molecule has 0 spiro atoms. The number of benzene rings is 2. The van der Waals surface area contributed by atoms with E-state index in [0.717, 1.165) is 32.4 Å². The summed E-state index contributed by atoms with van der Waals surface area (Å²) in [6, 6.07) is 18.5. The first-order chi connectivity index (χ1) is 19.0. The number of thiophene rings is 1. The predicted molar refractivity (Wildman–Crippen MR) is 165 cm³/mol. The topological polar surface area (TPSA) is 69.3 Å². The summed E-state index contributed by atoms with van der Waals surface area (Å²) in [7, 11) is 0. The molecule has 0 unspecified atom stereocenters. The molecule has 2 amide bonds. The van der Waals surface area contributed by atoms with E-state index in [1.54, 1.807) is 41.7 Å². The van der Waals surface area contributed by atoms with Crippen LogP contribution in [-0.2, 0) is 9.59 Å². The number of nitriles is 1. The fourth-order valence-corrected chi connectivity index (χ4v) is 6.55. The molecule has 40 heavy (non-hydrogen) atoms. The molecular weight excluding hydrogens is 560 g/mol. The molecule has 2 aromatic carbocycles. The lowest BCUT2D eigenvalue weighted by Crippen LogP contribution is -2.56. The summed E-state index contributed by atoms with van der Waals surface area (Å²) in [5, 5.41) is 11.2. The van der Waals surface area contributed by atoms with E-state index in [1.165, 1.54) is 9.80 Å². The maximum Gasteiger partial charge on any atom is 0.270 e. The number of anilines is 2. The highest BCUT2D eigenvalue weighted by atomic mass is 35.5. The van der Waals surface area contributed by atoms with E-state index in [4.69, 9.17) is 23.8 Å². The van der Waals surface area contributed by atoms with Crippen LogP contribution in [0.2, 0.25) is 5.02 Å². The van der Waals surface area contributed by atoms with E-state index < -0.39 is 11.8 Å². The molecule has 0 atom stereocenters. The van der Waals surface area contributed by atoms with Crippen LogP contribution >= 0.6 is 35.2 Å². The van der Waals surface area contributed by atoms with Gasteiger partial charge < -0.3 is 4.57 Å². The Morgan fingerprint density at radius 1 is 0.925 bits per heavy atom. The number of para-hydroxylation sites is 1. The molecule has 3 heterocycles. The van der Waals surface area contributed by atoms with Crippen molar-refractivity contribution in [3.63, 3.8) is 0 Å². The van der Waals surface area contributed by atoms with Crippen molar-refractivity contribution >= 4 is 69.5 Å². The zero-order valence-electron chi connectivity index (χ0n) is 22.6. The van der Waals surface area contributed by atoms with Gasteiger partial charge in [0.1, 0.15) is 16.6 Å². The van der Waals surface area contributed by atoms with Gasteiger partial charge >= 0.3 is 0 Å². The Morgan fingerprint density at radius 2 is 1.57 bits per heavy atom. The molecular formula is C31H25ClN4O2S2. The second-order valence-electron chi connectivity index (χ2n) is 9.63. The molecule has 1 aliphatic heterocycles. The Bertz CT molecular complexity index is 1790. The van der Waals surface area contributed by atoms with Crippen LogP contribution in [0.4, 0.5) is 11.4 Å². The largest absolute Gasteiger partial charge is 0.308 e. The first-order valence-corrected chi connectivity index (χ1v) is 14.1. The summed E-state index contributed by atoms with van der Waals surface area (Å²) in [6.07, 6.45) is 1.61. The number of halogens is 1. The summed E-state index contributed by atoms with van der Waals surface area (Å²) in [5.41, 5.74) is 5.81. The Kier molecular flexibility index (Phi) is 7.23. The SMILES string of the molecule is Cc1ccc(N2C(=O)/C(=C\c3cc(C)n(-c4sc(C)c(C)c4C#N)c3C)C(=O)N(c3ccccc3)C2=S)cc1Cl. The van der Waals surface area contributed by atoms with E-state index in [2.05, 4.69) is 6.07 Å². The van der Waals surface area contributed by atoms with Crippen molar-refractivity contribution < 1.29 is 9.59 Å². The number of hydrogen-bond acceptors (Lipinski definition) is 5. The van der Waals surface area contributed by atoms with Gasteiger partial charge in [-0.1, -0.05) is 35.9 Å². The molecule has 9 heteroatoms. The second kappa shape index (κ2) is 10.5. The van der Waals surface area contributed by atoms with Crippen molar-refractivity contribution in [3.05, 3.63) is 104 Å². The third-order valence-corrected chi connectivity index (χ3v) is 9.09. The van der Waals surface area contributed by atoms with Crippen molar-refractivity contribution in [1.82, 2.24) is 4.57 Å². The fourth-order valence-electron chi connectivity index (χ4n) is 4.78. The number of aryl methyl sites for hydroxylation is 3. The fraction of sp³-hybridized carbons (Fsp3) is 0.161. The van der Waals surface area contributed by atoms with Crippen LogP contribution in [-0.4, -0.2) is 21.5 Å². The number of nitrogens with zero attached hydrogens (tertiary/aromatic N) is 4. The van der Waals surface area contributed by atoms with Crippen molar-refractivity contribution in [1.29, 1.82) is 5.26 Å². The van der Waals surface area contributed by atoms with Gasteiger partial charge in [0.2, 0.25) is 0 Å². The van der Waals surface area contributed by atoms with Gasteiger partial charge in [0, 0.05) is 21.3 Å². The minimum absolute atomic E-state index is 0.0338. The summed E-state index contributed by atoms with van der Waals surface area (Å²) < 4.78 is 2.00. The average Bonchev–Trinajstić information content (AvgIpc) is 3.36. The normalized spacial score (nSPS) is 14.8. The molecule has 0 aliphatic carbocycles. The number of amides is 2. The lowest BCUT2D eigenvalue weighted by atomic mass is 10.0. The summed E-state index contributed by atoms with van der Waals surface area (Å²) >= 11 is 13.7. The van der Waals surface area contributed by atoms with Gasteiger partial charge in [0.25, 0.3) is 11.8 Å². The molecule has 0 bridgehead atoms. The predicted octanol–water partition coefficient (Wildman–Crippen LogP) is 7.35. The smallest absolute Gasteiger partial charge is 0.270 e. The number of hydrogen-bond donors (Lipinski definition) is 0. The average molecular weight is 585 g/mol. The standard InChI is InChI=1S/C31H25ClN4O2S2/c1-17-11-12-24(15-27(17)32)36-29(38)25(28(37)35(31(36)39)23-9-7-6-8-10-23)14-22-13-18(2)34(20(22)4)30-26(16-33)19(3)21(5)40-30/h6-15H,1-5H3/b25-14-. The van der Waals surface area contributed by atoms with Crippen LogP contribution in [0.5, 0.6) is 0 Å². The third kappa shape index (κ3) is 4.46. The zero-order chi connectivity index (χ0) is 28.9. The number of aromatic nitrogens is 1. The van der Waals surface area contributed by atoms with E-state index >= 15 is 0 Å². The Morgan fingerprint density at radius 3 is 2.20 bits per heavy atom. The first-order valence-electron chi connectivity index (χ1n) is 12.5. The summed E-state index contributed by atoms with van der Waals surface area (Å²) in [5.74, 6) is -1.05. The van der Waals surface area contributed by atoms with E-state index in [9.17, 15) is 14.9 Å². The van der Waals surface area contributed by atoms with Gasteiger partial charge in [-0.25, -0.2) is 0 Å². The minimum atomic E-state index is -0.535. The maximum absolute atomic E-state index is 14.0. The molecule has 0 radical (unpaired) electrons. The van der Waals surface area contributed by atoms with Crippen molar-refractivity contribution in [2.24, 2.45) is 0 Å². The molecule has 0 N–H and O–H groups in total. The number of thiocarbonyl (C=S) groups is 1. The molecule has 1 fully saturated rings. The number of carbonyl (C=O) groups excluding carboxylic acids is 2. The van der Waals surface area contributed by atoms with Crippen LogP contribution in [0.3, 0.4) is 0 Å². The van der Waals surface area contributed by atoms with Gasteiger partial charge in [-0.2, -0.15) is 5.26 Å². The highest BCUT2D eigenvalue weighted by Gasteiger charge is 2.41.